The molecule has 0 spiro atoms. The van der Waals surface area contributed by atoms with E-state index in [2.05, 4.69) is 0 Å². The summed E-state index contributed by atoms with van der Waals surface area (Å²) in [5.74, 6) is -1.17. The summed E-state index contributed by atoms with van der Waals surface area (Å²) < 4.78 is 34.0. The lowest BCUT2D eigenvalue weighted by atomic mass is 9.90. The van der Waals surface area contributed by atoms with E-state index in [1.54, 1.807) is 49.6 Å². The summed E-state index contributed by atoms with van der Waals surface area (Å²) in [5.41, 5.74) is 1.93. The van der Waals surface area contributed by atoms with E-state index in [4.69, 9.17) is 4.74 Å². The van der Waals surface area contributed by atoms with Crippen molar-refractivity contribution in [1.82, 2.24) is 4.31 Å². The van der Waals surface area contributed by atoms with Gasteiger partial charge in [0.05, 0.1) is 24.0 Å². The van der Waals surface area contributed by atoms with E-state index in [1.165, 1.54) is 16.1 Å². The molecule has 0 radical (unpaired) electrons. The molecular weight excluding hydrogens is 470 g/mol. The molecule has 8 heteroatoms. The third-order valence-electron chi connectivity index (χ3n) is 6.10. The molecule has 0 saturated carbocycles. The highest BCUT2D eigenvalue weighted by molar-refractivity contribution is 8.00. The highest BCUT2D eigenvalue weighted by atomic mass is 32.2. The molecule has 0 bridgehead atoms. The third kappa shape index (κ3) is 5.14. The molecule has 0 amide bonds. The maximum absolute atomic E-state index is 13.7. The molecule has 4 rings (SSSR count). The summed E-state index contributed by atoms with van der Waals surface area (Å²) >= 11 is 1.50. The Labute approximate surface area is 204 Å². The summed E-state index contributed by atoms with van der Waals surface area (Å²) in [6, 6.07) is 22.9. The topological polar surface area (TPSA) is 83.9 Å². The Morgan fingerprint density at radius 3 is 2.24 bits per heavy atom. The van der Waals surface area contributed by atoms with Crippen LogP contribution >= 0.6 is 11.8 Å². The quantitative estimate of drug-likeness (QED) is 0.495. The number of thioether (sulfide) groups is 1. The standard InChI is InChI=1S/C26H27NO5S2/c1-18-8-14-21(15-9-18)33-25-16-24(19-10-12-20(32-2)13-11-19)27(17-23(25)26(28)29)34(30,31)22-6-4-3-5-7-22/h3-15,23-25H,16-17H2,1-2H3,(H,28,29)/t23-,24+,25-/m1/s1. The molecule has 1 fully saturated rings. The van der Waals surface area contributed by atoms with Gasteiger partial charge in [-0.2, -0.15) is 4.31 Å². The molecule has 1 heterocycles. The van der Waals surface area contributed by atoms with Crippen LogP contribution in [0.1, 0.15) is 23.6 Å². The van der Waals surface area contributed by atoms with Gasteiger partial charge in [-0.1, -0.05) is 48.0 Å². The number of aliphatic carboxylic acids is 1. The van der Waals surface area contributed by atoms with Crippen LogP contribution in [0, 0.1) is 12.8 Å². The van der Waals surface area contributed by atoms with Gasteiger partial charge < -0.3 is 9.84 Å². The molecule has 6 nitrogen and oxygen atoms in total. The predicted octanol–water partition coefficient (Wildman–Crippen LogP) is 5.00. The Morgan fingerprint density at radius 1 is 1.00 bits per heavy atom. The number of ether oxygens (including phenoxy) is 1. The SMILES string of the molecule is COc1ccc([C@@H]2C[C@@H](Sc3ccc(C)cc3)[C@H](C(=O)O)CN2S(=O)(=O)c2ccccc2)cc1. The summed E-state index contributed by atoms with van der Waals surface area (Å²) in [6.45, 7) is 1.90. The number of carbonyl (C=O) groups is 1. The van der Waals surface area contributed by atoms with E-state index in [0.717, 1.165) is 16.0 Å². The molecule has 178 valence electrons. The van der Waals surface area contributed by atoms with E-state index in [1.807, 2.05) is 43.3 Å². The van der Waals surface area contributed by atoms with Crippen molar-refractivity contribution in [3.05, 3.63) is 90.0 Å². The zero-order valence-electron chi connectivity index (χ0n) is 19.0. The molecular formula is C26H27NO5S2. The molecule has 3 aromatic rings. The number of carboxylic acid groups (broad SMARTS) is 1. The second kappa shape index (κ2) is 10.2. The van der Waals surface area contributed by atoms with Crippen molar-refractivity contribution in [2.75, 3.05) is 13.7 Å². The van der Waals surface area contributed by atoms with E-state index in [-0.39, 0.29) is 16.7 Å². The minimum Gasteiger partial charge on any atom is -0.497 e. The largest absolute Gasteiger partial charge is 0.497 e. The van der Waals surface area contributed by atoms with Gasteiger partial charge in [-0.3, -0.25) is 4.79 Å². The third-order valence-corrected chi connectivity index (χ3v) is 9.36. The molecule has 3 aromatic carbocycles. The maximum Gasteiger partial charge on any atom is 0.308 e. The first-order chi connectivity index (χ1) is 16.3. The Balaban J connectivity index is 1.74. The number of benzene rings is 3. The van der Waals surface area contributed by atoms with Crippen molar-refractivity contribution >= 4 is 27.8 Å². The lowest BCUT2D eigenvalue weighted by Crippen LogP contribution is -2.49. The predicted molar refractivity (Wildman–Crippen MR) is 133 cm³/mol. The van der Waals surface area contributed by atoms with Crippen molar-refractivity contribution in [3.63, 3.8) is 0 Å². The summed E-state index contributed by atoms with van der Waals surface area (Å²) in [6.07, 6.45) is 0.369. The van der Waals surface area contributed by atoms with Crippen LogP contribution in [0.2, 0.25) is 0 Å². The van der Waals surface area contributed by atoms with Gasteiger partial charge in [0.15, 0.2) is 0 Å². The number of hydrogen-bond acceptors (Lipinski definition) is 5. The van der Waals surface area contributed by atoms with Crippen molar-refractivity contribution in [1.29, 1.82) is 0 Å². The zero-order chi connectivity index (χ0) is 24.3. The fraction of sp³-hybridized carbons (Fsp3) is 0.269. The van der Waals surface area contributed by atoms with Gasteiger partial charge in [-0.25, -0.2) is 8.42 Å². The molecule has 1 aliphatic heterocycles. The second-order valence-corrected chi connectivity index (χ2v) is 11.5. The van der Waals surface area contributed by atoms with Crippen LogP contribution in [0.25, 0.3) is 0 Å². The fourth-order valence-electron chi connectivity index (χ4n) is 4.22. The molecule has 0 aliphatic carbocycles. The van der Waals surface area contributed by atoms with Gasteiger partial charge >= 0.3 is 5.97 Å². The number of rotatable bonds is 7. The van der Waals surface area contributed by atoms with Crippen LogP contribution in [0.4, 0.5) is 0 Å². The van der Waals surface area contributed by atoms with E-state index in [9.17, 15) is 18.3 Å². The van der Waals surface area contributed by atoms with E-state index in [0.29, 0.717) is 12.2 Å². The van der Waals surface area contributed by atoms with Crippen LogP contribution in [-0.4, -0.2) is 42.7 Å². The first-order valence-electron chi connectivity index (χ1n) is 11.0. The minimum absolute atomic E-state index is 0.104. The Hall–Kier alpha value is -2.81. The van der Waals surface area contributed by atoms with Crippen molar-refractivity contribution in [2.45, 2.75) is 34.4 Å². The van der Waals surface area contributed by atoms with Crippen LogP contribution < -0.4 is 4.74 Å². The molecule has 34 heavy (non-hydrogen) atoms. The number of carboxylic acids is 1. The average molecular weight is 498 g/mol. The van der Waals surface area contributed by atoms with Crippen LogP contribution in [-0.2, 0) is 14.8 Å². The molecule has 1 N–H and O–H groups in total. The number of aryl methyl sites for hydroxylation is 1. The normalized spacial score (nSPS) is 21.2. The van der Waals surface area contributed by atoms with Crippen molar-refractivity contribution in [2.24, 2.45) is 5.92 Å². The molecule has 1 saturated heterocycles. The van der Waals surface area contributed by atoms with Gasteiger partial charge in [-0.15, -0.1) is 11.8 Å². The van der Waals surface area contributed by atoms with Gasteiger partial charge in [0.1, 0.15) is 5.75 Å². The maximum atomic E-state index is 13.7. The second-order valence-electron chi connectivity index (χ2n) is 8.33. The molecule has 0 aromatic heterocycles. The summed E-state index contributed by atoms with van der Waals surface area (Å²) in [4.78, 5) is 13.4. The Kier molecular flexibility index (Phi) is 7.30. The first kappa shape index (κ1) is 24.3. The number of nitrogens with zero attached hydrogens (tertiary/aromatic N) is 1. The van der Waals surface area contributed by atoms with Crippen molar-refractivity contribution < 1.29 is 23.1 Å². The van der Waals surface area contributed by atoms with Gasteiger partial charge in [-0.05, 0) is 55.3 Å². The smallest absolute Gasteiger partial charge is 0.308 e. The van der Waals surface area contributed by atoms with Gasteiger partial charge in [0.2, 0.25) is 10.0 Å². The summed E-state index contributed by atoms with van der Waals surface area (Å²) in [5, 5.41) is 9.76. The van der Waals surface area contributed by atoms with Crippen molar-refractivity contribution in [3.8, 4) is 5.75 Å². The number of hydrogen-bond donors (Lipinski definition) is 1. The minimum atomic E-state index is -3.91. The summed E-state index contributed by atoms with van der Waals surface area (Å²) in [7, 11) is -2.34. The highest BCUT2D eigenvalue weighted by Gasteiger charge is 2.45. The van der Waals surface area contributed by atoms with Crippen LogP contribution in [0.5, 0.6) is 5.75 Å². The monoisotopic (exact) mass is 497 g/mol. The number of piperidine rings is 1. The van der Waals surface area contributed by atoms with Crippen LogP contribution in [0.3, 0.4) is 0 Å². The molecule has 0 unspecified atom stereocenters. The van der Waals surface area contributed by atoms with Gasteiger partial charge in [0.25, 0.3) is 0 Å². The molecule has 1 aliphatic rings. The molecule has 3 atom stereocenters. The van der Waals surface area contributed by atoms with Gasteiger partial charge in [0, 0.05) is 16.7 Å². The Morgan fingerprint density at radius 2 is 1.65 bits per heavy atom. The first-order valence-corrected chi connectivity index (χ1v) is 13.3. The van der Waals surface area contributed by atoms with E-state index >= 15 is 0 Å². The Bertz CT molecular complexity index is 1230. The van der Waals surface area contributed by atoms with E-state index < -0.39 is 28.0 Å². The fourth-order valence-corrected chi connectivity index (χ4v) is 7.18. The lowest BCUT2D eigenvalue weighted by molar-refractivity contribution is -0.143. The lowest BCUT2D eigenvalue weighted by Gasteiger charge is -2.41. The zero-order valence-corrected chi connectivity index (χ0v) is 20.6. The van der Waals surface area contributed by atoms with Crippen LogP contribution in [0.15, 0.2) is 88.7 Å². The highest BCUT2D eigenvalue weighted by Crippen LogP contribution is 2.44. The number of sulfonamides is 1. The average Bonchev–Trinajstić information content (AvgIpc) is 2.85. The number of methoxy groups -OCH3 is 1.